The van der Waals surface area contributed by atoms with Crippen LogP contribution < -0.4 is 0 Å². The molecule has 0 saturated carbocycles. The third-order valence-corrected chi connectivity index (χ3v) is 8.42. The van der Waals surface area contributed by atoms with Gasteiger partial charge in [-0.15, -0.1) is 0 Å². The molecule has 0 fully saturated rings. The second-order valence-electron chi connectivity index (χ2n) is 11.3. The van der Waals surface area contributed by atoms with E-state index in [1.807, 2.05) is 0 Å². The van der Waals surface area contributed by atoms with Gasteiger partial charge in [0.25, 0.3) is 0 Å². The zero-order chi connectivity index (χ0) is 24.8. The van der Waals surface area contributed by atoms with Gasteiger partial charge in [0.1, 0.15) is 0 Å². The van der Waals surface area contributed by atoms with E-state index in [-0.39, 0.29) is 0 Å². The molecule has 0 aliphatic carbocycles. The van der Waals surface area contributed by atoms with E-state index >= 15 is 0 Å². The molecular formula is C36H50. The van der Waals surface area contributed by atoms with Gasteiger partial charge in [0.05, 0.1) is 0 Å². The zero-order valence-electron chi connectivity index (χ0n) is 23.1. The van der Waals surface area contributed by atoms with Crippen molar-refractivity contribution in [1.29, 1.82) is 0 Å². The number of rotatable bonds is 19. The van der Waals surface area contributed by atoms with Crippen molar-refractivity contribution < 1.29 is 0 Å². The highest BCUT2D eigenvalue weighted by Gasteiger charge is 2.10. The summed E-state index contributed by atoms with van der Waals surface area (Å²) < 4.78 is 0. The number of hydrogen-bond acceptors (Lipinski definition) is 0. The maximum absolute atomic E-state index is 2.38. The molecule has 0 aliphatic rings. The van der Waals surface area contributed by atoms with Gasteiger partial charge in [0, 0.05) is 0 Å². The van der Waals surface area contributed by atoms with E-state index in [1.54, 1.807) is 0 Å². The van der Waals surface area contributed by atoms with E-state index in [4.69, 9.17) is 0 Å². The minimum absolute atomic E-state index is 1.22. The third-order valence-electron chi connectivity index (χ3n) is 8.42. The smallest absolute Gasteiger partial charge is 0.00240 e. The van der Waals surface area contributed by atoms with Gasteiger partial charge in [-0.05, 0) is 50.7 Å². The van der Waals surface area contributed by atoms with Crippen LogP contribution in [0.2, 0.25) is 0 Å². The SMILES string of the molecule is CCCCCCCCCCCCCCCCCCCCc1ccc2ccc3cccc4ccc1c2c34. The molecule has 194 valence electrons. The fourth-order valence-corrected chi connectivity index (χ4v) is 6.23. The molecule has 0 nitrogen and oxygen atoms in total. The van der Waals surface area contributed by atoms with Crippen LogP contribution in [0.3, 0.4) is 0 Å². The normalized spacial score (nSPS) is 11.9. The molecular weight excluding hydrogens is 432 g/mol. The Kier molecular flexibility index (Phi) is 11.4. The first kappa shape index (κ1) is 27.0. The van der Waals surface area contributed by atoms with Crippen molar-refractivity contribution in [3.63, 3.8) is 0 Å². The lowest BCUT2D eigenvalue weighted by atomic mass is 9.90. The first-order valence-corrected chi connectivity index (χ1v) is 15.5. The Bertz CT molecular complexity index is 1120. The van der Waals surface area contributed by atoms with E-state index in [0.29, 0.717) is 0 Å². The molecule has 4 aromatic rings. The minimum atomic E-state index is 1.22. The average molecular weight is 483 g/mol. The Labute approximate surface area is 221 Å². The van der Waals surface area contributed by atoms with Gasteiger partial charge in [0.2, 0.25) is 0 Å². The summed E-state index contributed by atoms with van der Waals surface area (Å²) in [5.74, 6) is 0. The van der Waals surface area contributed by atoms with Crippen LogP contribution in [-0.4, -0.2) is 0 Å². The van der Waals surface area contributed by atoms with Gasteiger partial charge in [-0.25, -0.2) is 0 Å². The maximum Gasteiger partial charge on any atom is -0.00240 e. The van der Waals surface area contributed by atoms with Gasteiger partial charge in [-0.2, -0.15) is 0 Å². The highest BCUT2D eigenvalue weighted by molar-refractivity contribution is 6.23. The Morgan fingerprint density at radius 1 is 0.389 bits per heavy atom. The standard InChI is InChI=1S/C36H50/c1-2-3-4-5-6-7-8-9-10-11-12-13-14-15-16-17-18-19-21-30-24-25-33-27-26-31-22-20-23-32-28-29-34(30)36(33)35(31)32/h20,22-29H,2-19,21H2,1H3. The summed E-state index contributed by atoms with van der Waals surface area (Å²) in [6.45, 7) is 2.30. The molecule has 0 heteroatoms. The quantitative estimate of drug-likeness (QED) is 0.0920. The molecule has 0 aromatic heterocycles. The van der Waals surface area contributed by atoms with Crippen LogP contribution in [-0.2, 0) is 6.42 Å². The Morgan fingerprint density at radius 3 is 1.33 bits per heavy atom. The molecule has 0 amide bonds. The second-order valence-corrected chi connectivity index (χ2v) is 11.3. The number of hydrogen-bond donors (Lipinski definition) is 0. The highest BCUT2D eigenvalue weighted by Crippen LogP contribution is 2.36. The highest BCUT2D eigenvalue weighted by atomic mass is 14.1. The molecule has 0 saturated heterocycles. The van der Waals surface area contributed by atoms with Gasteiger partial charge in [-0.3, -0.25) is 0 Å². The molecule has 0 radical (unpaired) electrons. The van der Waals surface area contributed by atoms with Crippen LogP contribution in [0.5, 0.6) is 0 Å². The van der Waals surface area contributed by atoms with Crippen LogP contribution in [0, 0.1) is 0 Å². The van der Waals surface area contributed by atoms with Gasteiger partial charge in [0.15, 0.2) is 0 Å². The lowest BCUT2D eigenvalue weighted by Crippen LogP contribution is -1.91. The van der Waals surface area contributed by atoms with Crippen molar-refractivity contribution in [3.8, 4) is 0 Å². The molecule has 36 heavy (non-hydrogen) atoms. The first-order valence-electron chi connectivity index (χ1n) is 15.5. The summed E-state index contributed by atoms with van der Waals surface area (Å²) >= 11 is 0. The Balaban J connectivity index is 1.04. The number of unbranched alkanes of at least 4 members (excludes halogenated alkanes) is 17. The summed E-state index contributed by atoms with van der Waals surface area (Å²) in [6.07, 6.45) is 27.1. The van der Waals surface area contributed by atoms with E-state index in [2.05, 4.69) is 61.5 Å². The van der Waals surface area contributed by atoms with Gasteiger partial charge < -0.3 is 0 Å². The van der Waals surface area contributed by atoms with Crippen LogP contribution in [0.15, 0.2) is 54.6 Å². The van der Waals surface area contributed by atoms with Crippen molar-refractivity contribution in [2.75, 3.05) is 0 Å². The predicted octanol–water partition coefficient (Wildman–Crippen LogP) is 12.2. The molecule has 4 rings (SSSR count). The minimum Gasteiger partial charge on any atom is -0.0654 e. The van der Waals surface area contributed by atoms with Crippen LogP contribution in [0.4, 0.5) is 0 Å². The van der Waals surface area contributed by atoms with E-state index in [0.717, 1.165) is 0 Å². The van der Waals surface area contributed by atoms with E-state index in [9.17, 15) is 0 Å². The van der Waals surface area contributed by atoms with Crippen molar-refractivity contribution in [1.82, 2.24) is 0 Å². The van der Waals surface area contributed by atoms with Gasteiger partial charge in [-0.1, -0.05) is 171 Å². The molecule has 0 N–H and O–H groups in total. The molecule has 0 heterocycles. The summed E-state index contributed by atoms with van der Waals surface area (Å²) in [7, 11) is 0. The number of aryl methyl sites for hydroxylation is 1. The average Bonchev–Trinajstić information content (AvgIpc) is 2.91. The predicted molar refractivity (Wildman–Crippen MR) is 163 cm³/mol. The van der Waals surface area contributed by atoms with Crippen LogP contribution >= 0.6 is 0 Å². The monoisotopic (exact) mass is 482 g/mol. The Morgan fingerprint density at radius 2 is 0.806 bits per heavy atom. The van der Waals surface area contributed by atoms with Crippen molar-refractivity contribution in [2.45, 2.75) is 129 Å². The largest absolute Gasteiger partial charge is 0.0654 e. The zero-order valence-corrected chi connectivity index (χ0v) is 23.1. The fraction of sp³-hybridized carbons (Fsp3) is 0.556. The maximum atomic E-state index is 2.38. The first-order chi connectivity index (χ1) is 17.9. The lowest BCUT2D eigenvalue weighted by molar-refractivity contribution is 0.525. The summed E-state index contributed by atoms with van der Waals surface area (Å²) in [5, 5.41) is 8.53. The second kappa shape index (κ2) is 15.2. The lowest BCUT2D eigenvalue weighted by Gasteiger charge is -2.14. The summed E-state index contributed by atoms with van der Waals surface area (Å²) in [6, 6.07) is 20.7. The van der Waals surface area contributed by atoms with E-state index in [1.165, 1.54) is 160 Å². The number of benzene rings is 4. The molecule has 0 bridgehead atoms. The van der Waals surface area contributed by atoms with Crippen LogP contribution in [0.25, 0.3) is 32.3 Å². The van der Waals surface area contributed by atoms with Crippen LogP contribution in [0.1, 0.15) is 128 Å². The van der Waals surface area contributed by atoms with Crippen molar-refractivity contribution in [3.05, 3.63) is 60.2 Å². The third kappa shape index (κ3) is 7.71. The topological polar surface area (TPSA) is 0 Å². The Hall–Kier alpha value is -2.08. The molecule has 0 unspecified atom stereocenters. The molecule has 0 aliphatic heterocycles. The van der Waals surface area contributed by atoms with Crippen molar-refractivity contribution >= 4 is 32.3 Å². The molecule has 4 aromatic carbocycles. The summed E-state index contributed by atoms with van der Waals surface area (Å²) in [5.41, 5.74) is 1.54. The summed E-state index contributed by atoms with van der Waals surface area (Å²) in [4.78, 5) is 0. The molecule has 0 atom stereocenters. The van der Waals surface area contributed by atoms with Gasteiger partial charge >= 0.3 is 0 Å². The molecule has 0 spiro atoms. The van der Waals surface area contributed by atoms with E-state index < -0.39 is 0 Å². The fourth-order valence-electron chi connectivity index (χ4n) is 6.23. The van der Waals surface area contributed by atoms with Crippen molar-refractivity contribution in [2.24, 2.45) is 0 Å².